The first kappa shape index (κ1) is 30.8. The average molecular weight is 718 g/mol. The number of fused-ring (bicyclic) bond motifs is 3. The quantitative estimate of drug-likeness (QED) is 0.115. The fourth-order valence-corrected chi connectivity index (χ4v) is 9.09. The van der Waals surface area contributed by atoms with E-state index in [1.165, 1.54) is 29.6 Å². The lowest BCUT2D eigenvalue weighted by atomic mass is 10.0. The molecule has 4 aromatic heterocycles. The normalized spacial score (nSPS) is 39.7. The fourth-order valence-electron chi connectivity index (χ4n) is 6.13. The minimum atomic E-state index is -4.28. The van der Waals surface area contributed by atoms with Crippen molar-refractivity contribution in [3.63, 3.8) is 0 Å². The molecule has 20 nitrogen and oxygen atoms in total. The molecule has 4 fully saturated rings. The van der Waals surface area contributed by atoms with E-state index in [-0.39, 0.29) is 29.3 Å². The number of thiol groups is 1. The Morgan fingerprint density at radius 2 is 1.85 bits per heavy atom. The van der Waals surface area contributed by atoms with E-state index in [1.807, 2.05) is 0 Å². The Labute approximate surface area is 267 Å². The van der Waals surface area contributed by atoms with E-state index in [1.54, 1.807) is 4.57 Å². The highest BCUT2D eigenvalue weighted by Gasteiger charge is 2.65. The van der Waals surface area contributed by atoms with Gasteiger partial charge in [0, 0.05) is 6.07 Å². The SMILES string of the molecule is Nc1cc2c(ncn2[C@@H]2O[C@@H]3COP(O)(=S)O[C@H]4[C@H]5OC[C@]4(COP(=O)(S)O[C@H]3[C@H]2O)O[C@H]5n2cnc3c(N)ncnc32)c(=O)[nH]1. The number of ether oxygens (including phenoxy) is 3. The Balaban J connectivity index is 1.10. The summed E-state index contributed by atoms with van der Waals surface area (Å²) in [5, 5.41) is 11.4. The van der Waals surface area contributed by atoms with Crippen molar-refractivity contribution in [3.05, 3.63) is 35.4 Å². The van der Waals surface area contributed by atoms with E-state index in [2.05, 4.69) is 37.2 Å². The van der Waals surface area contributed by atoms with Crippen LogP contribution in [-0.2, 0) is 48.7 Å². The number of rotatable bonds is 2. The number of nitrogens with one attached hydrogen (secondary N) is 1. The molecule has 0 saturated carbocycles. The van der Waals surface area contributed by atoms with Gasteiger partial charge in [-0.15, -0.1) is 0 Å². The number of pyridine rings is 1. The molecule has 0 amide bonds. The molecule has 0 spiro atoms. The van der Waals surface area contributed by atoms with Gasteiger partial charge in [0.25, 0.3) is 5.56 Å². The van der Waals surface area contributed by atoms with Crippen molar-refractivity contribution < 1.29 is 46.9 Å². The third kappa shape index (κ3) is 4.91. The largest absolute Gasteiger partial charge is 0.386 e. The number of nitrogens with two attached hydrogens (primary N) is 2. The molecule has 10 atom stereocenters. The van der Waals surface area contributed by atoms with Gasteiger partial charge in [-0.2, -0.15) is 0 Å². The zero-order valence-corrected chi connectivity index (χ0v) is 26.6. The Morgan fingerprint density at radius 1 is 1.07 bits per heavy atom. The zero-order chi connectivity index (χ0) is 32.2. The number of nitrogen functional groups attached to an aromatic ring is 2. The number of imidazole rings is 2. The summed E-state index contributed by atoms with van der Waals surface area (Å²) in [7, 11) is 0. The van der Waals surface area contributed by atoms with Crippen LogP contribution in [0.1, 0.15) is 12.5 Å². The standard InChI is InChI=1S/C22H25N9O11P2S2/c23-10-1-8-11(19(33)29-10)27-6-30(8)20-13(32)14-9(39-20)2-37-43(34,45)42-16-15-21(31-7-28-12-17(24)25-5-26-18(12)31)40-22(16,3-36-15)4-38-44(35,46)41-14/h1,5-7,9,13-16,20-21,32H,2-4H2,(H,34,45)(H,35,46)(H3,23,29,33)(H2,24,25,26)/t9-,13-,14-,15-,16+,20-,21-,22-,43?,44?/m1/s1. The molecule has 8 heterocycles. The van der Waals surface area contributed by atoms with Crippen molar-refractivity contribution >= 4 is 71.4 Å². The number of nitrogens with zero attached hydrogens (tertiary/aromatic N) is 6. The summed E-state index contributed by atoms with van der Waals surface area (Å²) in [5.41, 5.74) is 10.7. The molecule has 7 N–H and O–H groups in total. The molecule has 4 aliphatic rings. The van der Waals surface area contributed by atoms with Crippen molar-refractivity contribution in [3.8, 4) is 0 Å². The topological polar surface area (TPSA) is 268 Å². The molecule has 8 rings (SSSR count). The van der Waals surface area contributed by atoms with Crippen molar-refractivity contribution in [2.45, 2.75) is 48.6 Å². The molecular weight excluding hydrogens is 692 g/mol. The van der Waals surface area contributed by atoms with Gasteiger partial charge in [-0.05, 0) is 11.8 Å². The minimum Gasteiger partial charge on any atom is -0.386 e. The maximum absolute atomic E-state index is 13.6. The summed E-state index contributed by atoms with van der Waals surface area (Å²) in [6, 6.07) is 1.44. The maximum atomic E-state index is 13.6. The summed E-state index contributed by atoms with van der Waals surface area (Å²) in [6.07, 6.45) is -4.24. The van der Waals surface area contributed by atoms with Crippen molar-refractivity contribution in [2.24, 2.45) is 0 Å². The van der Waals surface area contributed by atoms with Gasteiger partial charge in [-0.1, -0.05) is 12.2 Å². The van der Waals surface area contributed by atoms with Crippen LogP contribution in [0.5, 0.6) is 0 Å². The number of anilines is 2. The van der Waals surface area contributed by atoms with Crippen LogP contribution in [0.4, 0.5) is 11.6 Å². The van der Waals surface area contributed by atoms with Crippen molar-refractivity contribution in [2.75, 3.05) is 31.3 Å². The Bertz CT molecular complexity index is 2030. The highest BCUT2D eigenvalue weighted by molar-refractivity contribution is 8.44. The van der Waals surface area contributed by atoms with E-state index < -0.39 is 80.9 Å². The van der Waals surface area contributed by atoms with Crippen LogP contribution in [0.25, 0.3) is 22.2 Å². The molecule has 2 bridgehead atoms. The van der Waals surface area contributed by atoms with Crippen LogP contribution in [0.2, 0.25) is 0 Å². The number of H-pyrrole nitrogens is 1. The van der Waals surface area contributed by atoms with Gasteiger partial charge in [-0.25, -0.2) is 24.5 Å². The van der Waals surface area contributed by atoms with Crippen LogP contribution < -0.4 is 17.0 Å². The third-order valence-electron chi connectivity index (χ3n) is 8.19. The first-order chi connectivity index (χ1) is 21.8. The summed E-state index contributed by atoms with van der Waals surface area (Å²) in [6.45, 7) is -9.42. The van der Waals surface area contributed by atoms with Crippen LogP contribution in [0.3, 0.4) is 0 Å². The second kappa shape index (κ2) is 10.7. The molecule has 24 heteroatoms. The Hall–Kier alpha value is -2.56. The molecule has 4 aliphatic heterocycles. The van der Waals surface area contributed by atoms with Crippen LogP contribution in [0, 0.1) is 0 Å². The lowest BCUT2D eigenvalue weighted by molar-refractivity contribution is -0.183. The van der Waals surface area contributed by atoms with E-state index >= 15 is 0 Å². The monoisotopic (exact) mass is 717 g/mol. The molecule has 46 heavy (non-hydrogen) atoms. The van der Waals surface area contributed by atoms with E-state index in [4.69, 9.17) is 55.6 Å². The summed E-state index contributed by atoms with van der Waals surface area (Å²) >= 11 is 9.53. The van der Waals surface area contributed by atoms with Gasteiger partial charge in [0.2, 0.25) is 0 Å². The van der Waals surface area contributed by atoms with E-state index in [9.17, 15) is 19.4 Å². The molecular formula is C22H25N9O11P2S2. The number of aromatic nitrogens is 7. The smallest absolute Gasteiger partial charge is 0.386 e. The minimum absolute atomic E-state index is 0.0384. The third-order valence-corrected chi connectivity index (χ3v) is 11.3. The first-order valence-corrected chi connectivity index (χ1v) is 18.9. The van der Waals surface area contributed by atoms with Crippen LogP contribution in [-0.4, -0.2) is 100.0 Å². The Morgan fingerprint density at radius 3 is 2.67 bits per heavy atom. The average Bonchev–Trinajstić information content (AvgIpc) is 3.80. The van der Waals surface area contributed by atoms with Crippen molar-refractivity contribution in [1.82, 2.24) is 34.1 Å². The maximum Gasteiger partial charge on any atom is 0.386 e. The molecule has 4 aromatic rings. The second-order valence-electron chi connectivity index (χ2n) is 11.0. The van der Waals surface area contributed by atoms with Crippen LogP contribution in [0.15, 0.2) is 29.8 Å². The molecule has 0 radical (unpaired) electrons. The zero-order valence-electron chi connectivity index (χ0n) is 23.1. The van der Waals surface area contributed by atoms with Gasteiger partial charge in [0.15, 0.2) is 29.4 Å². The van der Waals surface area contributed by atoms with Gasteiger partial charge in [0.05, 0.1) is 38.0 Å². The van der Waals surface area contributed by atoms with Gasteiger partial charge >= 0.3 is 13.5 Å². The number of aromatic amines is 1. The second-order valence-corrected chi connectivity index (χ2v) is 16.7. The molecule has 246 valence electrons. The fraction of sp³-hybridized carbons (Fsp3) is 0.500. The summed E-state index contributed by atoms with van der Waals surface area (Å²) in [5.74, 6) is 0.205. The summed E-state index contributed by atoms with van der Waals surface area (Å²) < 4.78 is 58.2. The van der Waals surface area contributed by atoms with Gasteiger partial charge in [0.1, 0.15) is 53.8 Å². The Kier molecular flexibility index (Phi) is 7.17. The molecule has 2 unspecified atom stereocenters. The highest BCUT2D eigenvalue weighted by Crippen LogP contribution is 2.61. The van der Waals surface area contributed by atoms with Gasteiger partial charge in [-0.3, -0.25) is 22.9 Å². The number of aliphatic hydroxyl groups is 1. The highest BCUT2D eigenvalue weighted by atomic mass is 32.7. The number of aliphatic hydroxyl groups excluding tert-OH is 1. The van der Waals surface area contributed by atoms with Crippen molar-refractivity contribution in [1.29, 1.82) is 0 Å². The van der Waals surface area contributed by atoms with Gasteiger partial charge < -0.3 is 49.8 Å². The van der Waals surface area contributed by atoms with E-state index in [0.717, 1.165) is 0 Å². The molecule has 0 aromatic carbocycles. The predicted molar refractivity (Wildman–Crippen MR) is 162 cm³/mol. The van der Waals surface area contributed by atoms with Crippen LogP contribution >= 0.6 is 25.8 Å². The predicted octanol–water partition coefficient (Wildman–Crippen LogP) is -0.275. The first-order valence-electron chi connectivity index (χ1n) is 13.6. The summed E-state index contributed by atoms with van der Waals surface area (Å²) in [4.78, 5) is 42.5. The molecule has 4 saturated heterocycles. The lowest BCUT2D eigenvalue weighted by Crippen LogP contribution is -2.46. The van der Waals surface area contributed by atoms with E-state index in [0.29, 0.717) is 11.2 Å². The molecule has 0 aliphatic carbocycles. The number of hydrogen-bond acceptors (Lipinski definition) is 17. The lowest BCUT2D eigenvalue weighted by Gasteiger charge is -2.34. The number of hydrogen-bond donors (Lipinski definition) is 6.